The summed E-state index contributed by atoms with van der Waals surface area (Å²) in [4.78, 5) is 14.0. The minimum absolute atomic E-state index is 0.0260. The molecule has 12 heteroatoms. The summed E-state index contributed by atoms with van der Waals surface area (Å²) in [6, 6.07) is 0. The summed E-state index contributed by atoms with van der Waals surface area (Å²) >= 11 is 0. The molecule has 0 radical (unpaired) electrons. The molecule has 10 fully saturated rings. The van der Waals surface area contributed by atoms with Crippen molar-refractivity contribution < 1.29 is 57.6 Å². The highest BCUT2D eigenvalue weighted by molar-refractivity contribution is 5.79. The van der Waals surface area contributed by atoms with E-state index in [1.54, 1.807) is 7.11 Å². The minimum atomic E-state index is -0.951. The van der Waals surface area contributed by atoms with Gasteiger partial charge in [0.15, 0.2) is 5.79 Å². The average molecular weight is 731 g/mol. The van der Waals surface area contributed by atoms with Crippen LogP contribution >= 0.6 is 0 Å². The van der Waals surface area contributed by atoms with Crippen molar-refractivity contribution in [3.63, 3.8) is 0 Å². The first kappa shape index (κ1) is 36.4. The van der Waals surface area contributed by atoms with Crippen LogP contribution in [0.25, 0.3) is 0 Å². The van der Waals surface area contributed by atoms with E-state index < -0.39 is 24.1 Å². The van der Waals surface area contributed by atoms with E-state index in [0.717, 1.165) is 49.7 Å². The van der Waals surface area contributed by atoms with Gasteiger partial charge in [-0.3, -0.25) is 4.79 Å². The molecule has 10 aliphatic rings. The van der Waals surface area contributed by atoms with Gasteiger partial charge >= 0.3 is 0 Å². The summed E-state index contributed by atoms with van der Waals surface area (Å²) < 4.78 is 59.8. The van der Waals surface area contributed by atoms with Crippen LogP contribution in [0.1, 0.15) is 90.4 Å². The van der Waals surface area contributed by atoms with Crippen molar-refractivity contribution >= 4 is 5.78 Å². The zero-order valence-corrected chi connectivity index (χ0v) is 30.7. The fourth-order valence-electron chi connectivity index (χ4n) is 11.3. The van der Waals surface area contributed by atoms with Crippen LogP contribution in [0.5, 0.6) is 0 Å². The van der Waals surface area contributed by atoms with Gasteiger partial charge in [-0.1, -0.05) is 20.1 Å². The highest BCUT2D eigenvalue weighted by Crippen LogP contribution is 2.54. The van der Waals surface area contributed by atoms with Crippen LogP contribution in [0.15, 0.2) is 24.3 Å². The van der Waals surface area contributed by atoms with E-state index in [1.165, 1.54) is 0 Å². The summed E-state index contributed by atoms with van der Waals surface area (Å²) in [6.45, 7) is 10.7. The summed E-state index contributed by atoms with van der Waals surface area (Å²) in [5, 5.41) is 20.1. The van der Waals surface area contributed by atoms with E-state index in [9.17, 15) is 15.0 Å². The van der Waals surface area contributed by atoms with E-state index in [-0.39, 0.29) is 123 Å². The number of ether oxygens (including phenoxy) is 9. The molecule has 0 saturated carbocycles. The first-order valence-electron chi connectivity index (χ1n) is 20.1. The van der Waals surface area contributed by atoms with Crippen LogP contribution in [0.3, 0.4) is 0 Å². The van der Waals surface area contributed by atoms with Crippen LogP contribution in [0, 0.1) is 11.8 Å². The van der Waals surface area contributed by atoms with Crippen LogP contribution < -0.4 is 0 Å². The highest BCUT2D eigenvalue weighted by atomic mass is 16.8. The Morgan fingerprint density at radius 3 is 2.37 bits per heavy atom. The summed E-state index contributed by atoms with van der Waals surface area (Å²) in [5.41, 5.74) is 2.17. The molecule has 0 aromatic heterocycles. The largest absolute Gasteiger partial charge is 0.394 e. The van der Waals surface area contributed by atoms with E-state index in [4.69, 9.17) is 42.6 Å². The smallest absolute Gasteiger partial charge is 0.172 e. The number of Topliss-reactive ketones (excluding diaryl/α,β-unsaturated/α-hetero) is 1. The summed E-state index contributed by atoms with van der Waals surface area (Å²) in [7, 11) is 1.63. The Hall–Kier alpha value is -1.29. The van der Waals surface area contributed by atoms with Crippen molar-refractivity contribution in [2.75, 3.05) is 13.7 Å². The molecule has 19 atom stereocenters. The summed E-state index contributed by atoms with van der Waals surface area (Å²) in [6.07, 6.45) is 4.01. The number of hydrogen-bond donors (Lipinski definition) is 2. The lowest BCUT2D eigenvalue weighted by Gasteiger charge is -2.47. The number of fused-ring (bicyclic) bond motifs is 6. The Morgan fingerprint density at radius 2 is 1.54 bits per heavy atom. The predicted octanol–water partition coefficient (Wildman–Crippen LogP) is 3.47. The molecule has 52 heavy (non-hydrogen) atoms. The lowest BCUT2D eigenvalue weighted by atomic mass is 9.81. The first-order chi connectivity index (χ1) is 25.1. The lowest BCUT2D eigenvalue weighted by molar-refractivity contribution is -0.292. The van der Waals surface area contributed by atoms with Crippen molar-refractivity contribution in [3.05, 3.63) is 24.3 Å². The number of aliphatic hydroxyl groups excluding tert-OH is 2. The molecule has 10 saturated heterocycles. The molecule has 290 valence electrons. The first-order valence-corrected chi connectivity index (χ1v) is 20.1. The minimum Gasteiger partial charge on any atom is -0.394 e. The number of carbonyl (C=O) groups is 1. The van der Waals surface area contributed by atoms with Crippen molar-refractivity contribution in [3.8, 4) is 0 Å². The van der Waals surface area contributed by atoms with Gasteiger partial charge in [0.05, 0.1) is 73.8 Å². The fraction of sp³-hybridized carbons (Fsp3) is 0.875. The van der Waals surface area contributed by atoms with Gasteiger partial charge in [-0.05, 0) is 62.0 Å². The van der Waals surface area contributed by atoms with Crippen molar-refractivity contribution in [2.24, 2.45) is 11.8 Å². The van der Waals surface area contributed by atoms with Crippen LogP contribution in [-0.4, -0.2) is 133 Å². The Bertz CT molecular complexity index is 1370. The molecule has 12 nitrogen and oxygen atoms in total. The normalized spacial score (nSPS) is 52.4. The molecule has 0 amide bonds. The van der Waals surface area contributed by atoms with Gasteiger partial charge in [-0.15, -0.1) is 0 Å². The standard InChI is InChI=1S/C40H58O12/c1-19-11-24-5-7-28-20(2)12-26(45-28)9-10-40-17-33-36(51-40)37-38(50-33)39(52-40)35-29(49-37)8-6-25(47-35)13-22(42)14-27-31(16-30(46-24)21(19)3)48-32(34(27)44-4)15-23(43)18-41/h19,23-39,41,43H,2-3,5-18H2,1,4H3/t19-,23+,24+,25-,26+,27+,28+,29+,30-,31+,32-,33-,34-,35+,36+,37+,38-,39+,40+/m1/s1. The van der Waals surface area contributed by atoms with Gasteiger partial charge in [0.25, 0.3) is 0 Å². The van der Waals surface area contributed by atoms with Crippen LogP contribution in [0.4, 0.5) is 0 Å². The molecule has 10 heterocycles. The number of ketones is 1. The topological polar surface area (TPSA) is 141 Å². The SMILES string of the molecule is C=C1C[C@@H]2CC[C@@]34C[C@H]5O[C@H]6[C@@H](O3)[C@H]3O[C@H](CC[C@@H]3O[C@H]6[C@H]5O4)CC(=O)C[C@@H]3[C@@H](OC)[C@@H](C[C@H](O)CO)O[C@H]3C[C@H]3O[C@@H](CC[C@@H]1O2)C[C@@H](C)C3=C. The molecular formula is C40H58O12. The molecule has 0 unspecified atom stereocenters. The third-order valence-corrected chi connectivity index (χ3v) is 13.9. The van der Waals surface area contributed by atoms with Gasteiger partial charge in [-0.2, -0.15) is 0 Å². The zero-order valence-electron chi connectivity index (χ0n) is 30.7. The van der Waals surface area contributed by atoms with Gasteiger partial charge < -0.3 is 52.8 Å². The Balaban J connectivity index is 0.994. The Labute approximate surface area is 306 Å². The molecule has 1 spiro atoms. The van der Waals surface area contributed by atoms with E-state index >= 15 is 0 Å². The fourth-order valence-corrected chi connectivity index (χ4v) is 11.3. The molecule has 2 N–H and O–H groups in total. The van der Waals surface area contributed by atoms with Gasteiger partial charge in [0.2, 0.25) is 0 Å². The number of hydrogen-bond acceptors (Lipinski definition) is 12. The second-order valence-electron chi connectivity index (χ2n) is 17.4. The molecule has 0 aliphatic carbocycles. The summed E-state index contributed by atoms with van der Waals surface area (Å²) in [5.74, 6) is -0.709. The van der Waals surface area contributed by atoms with Gasteiger partial charge in [0.1, 0.15) is 36.3 Å². The maximum atomic E-state index is 14.0. The maximum absolute atomic E-state index is 14.0. The van der Waals surface area contributed by atoms with Crippen LogP contribution in [-0.2, 0) is 47.4 Å². The second kappa shape index (κ2) is 14.3. The molecule has 10 aliphatic heterocycles. The van der Waals surface area contributed by atoms with Crippen LogP contribution in [0.2, 0.25) is 0 Å². The Morgan fingerprint density at radius 1 is 0.788 bits per heavy atom. The quantitative estimate of drug-likeness (QED) is 0.410. The molecular weight excluding hydrogens is 672 g/mol. The predicted molar refractivity (Wildman–Crippen MR) is 184 cm³/mol. The third kappa shape index (κ3) is 6.59. The third-order valence-electron chi connectivity index (χ3n) is 13.9. The van der Waals surface area contributed by atoms with Crippen molar-refractivity contribution in [1.29, 1.82) is 0 Å². The Kier molecular flexibility index (Phi) is 10.0. The lowest BCUT2D eigenvalue weighted by Crippen LogP contribution is -2.61. The molecule has 10 rings (SSSR count). The van der Waals surface area contributed by atoms with E-state index in [1.807, 2.05) is 0 Å². The second-order valence-corrected chi connectivity index (χ2v) is 17.4. The van der Waals surface area contributed by atoms with Crippen molar-refractivity contribution in [1.82, 2.24) is 0 Å². The number of methoxy groups -OCH3 is 1. The molecule has 0 aromatic rings. The maximum Gasteiger partial charge on any atom is 0.172 e. The number of rotatable bonds is 4. The van der Waals surface area contributed by atoms with E-state index in [0.29, 0.717) is 25.7 Å². The number of carbonyl (C=O) groups excluding carboxylic acids is 1. The average Bonchev–Trinajstić information content (AvgIpc) is 3.79. The van der Waals surface area contributed by atoms with Crippen molar-refractivity contribution in [2.45, 2.75) is 194 Å². The zero-order chi connectivity index (χ0) is 35.9. The van der Waals surface area contributed by atoms with Gasteiger partial charge in [-0.25, -0.2) is 0 Å². The monoisotopic (exact) mass is 730 g/mol. The van der Waals surface area contributed by atoms with E-state index in [2.05, 4.69) is 20.1 Å². The molecule has 12 bridgehead atoms. The molecule has 0 aromatic carbocycles. The highest BCUT2D eigenvalue weighted by Gasteiger charge is 2.68. The number of aliphatic hydroxyl groups is 2. The van der Waals surface area contributed by atoms with Gasteiger partial charge in [0, 0.05) is 51.6 Å².